The Morgan fingerprint density at radius 2 is 2.25 bits per heavy atom. The summed E-state index contributed by atoms with van der Waals surface area (Å²) in [7, 11) is 3.95. The second-order valence-electron chi connectivity index (χ2n) is 3.90. The number of hydrogen-bond donors (Lipinski definition) is 1. The zero-order valence-electron chi connectivity index (χ0n) is 9.72. The summed E-state index contributed by atoms with van der Waals surface area (Å²) >= 11 is 0. The van der Waals surface area contributed by atoms with Gasteiger partial charge in [0.1, 0.15) is 5.82 Å². The van der Waals surface area contributed by atoms with Crippen molar-refractivity contribution in [1.29, 1.82) is 0 Å². The van der Waals surface area contributed by atoms with Crippen LogP contribution in [0.1, 0.15) is 11.4 Å². The molecule has 0 aromatic carbocycles. The van der Waals surface area contributed by atoms with Crippen LogP contribution < -0.4 is 5.32 Å². The molecule has 5 heteroatoms. The van der Waals surface area contributed by atoms with Crippen LogP contribution in [0.5, 0.6) is 0 Å². The molecule has 0 bridgehead atoms. The van der Waals surface area contributed by atoms with Gasteiger partial charge in [-0.05, 0) is 0 Å². The van der Waals surface area contributed by atoms with Crippen LogP contribution >= 0.6 is 0 Å². The molecule has 5 nitrogen and oxygen atoms in total. The quantitative estimate of drug-likeness (QED) is 0.744. The molecule has 1 N–H and O–H groups in total. The topological polar surface area (TPSA) is 47.7 Å². The Labute approximate surface area is 95.1 Å². The number of rotatable bonds is 5. The molecule has 2 rings (SSSR count). The Morgan fingerprint density at radius 3 is 2.88 bits per heavy atom. The maximum Gasteiger partial charge on any atom is 0.109 e. The molecule has 0 saturated carbocycles. The Balaban J connectivity index is 1.71. The van der Waals surface area contributed by atoms with Crippen molar-refractivity contribution in [3.05, 3.63) is 36.2 Å². The fourth-order valence-corrected chi connectivity index (χ4v) is 1.63. The highest BCUT2D eigenvalue weighted by atomic mass is 15.2. The minimum absolute atomic E-state index is 0.859. The number of nitrogens with zero attached hydrogens (tertiary/aromatic N) is 4. The molecule has 0 fully saturated rings. The van der Waals surface area contributed by atoms with Crippen LogP contribution in [0.4, 0.5) is 0 Å². The van der Waals surface area contributed by atoms with Gasteiger partial charge < -0.3 is 9.88 Å². The molecule has 0 aliphatic carbocycles. The number of nitrogens with one attached hydrogen (secondary N) is 1. The third kappa shape index (κ3) is 2.70. The average Bonchev–Trinajstić information content (AvgIpc) is 2.83. The van der Waals surface area contributed by atoms with Crippen molar-refractivity contribution in [3.8, 4) is 0 Å². The van der Waals surface area contributed by atoms with Crippen molar-refractivity contribution in [2.45, 2.75) is 13.0 Å². The first-order chi connectivity index (χ1) is 7.75. The first-order valence-electron chi connectivity index (χ1n) is 5.40. The molecule has 0 atom stereocenters. The Kier molecular flexibility index (Phi) is 3.36. The SMILES string of the molecule is Cn1cc(CNCCc2nccn2C)cn1. The molecule has 2 aromatic heterocycles. The highest BCUT2D eigenvalue weighted by Crippen LogP contribution is 1.97. The number of aryl methyl sites for hydroxylation is 2. The van der Waals surface area contributed by atoms with Crippen LogP contribution in [0.2, 0.25) is 0 Å². The van der Waals surface area contributed by atoms with E-state index in [0.29, 0.717) is 0 Å². The van der Waals surface area contributed by atoms with Crippen LogP contribution in [0.15, 0.2) is 24.8 Å². The molecule has 16 heavy (non-hydrogen) atoms. The summed E-state index contributed by atoms with van der Waals surface area (Å²) in [4.78, 5) is 4.27. The third-order valence-electron chi connectivity index (χ3n) is 2.53. The van der Waals surface area contributed by atoms with E-state index in [4.69, 9.17) is 0 Å². The van der Waals surface area contributed by atoms with Gasteiger partial charge >= 0.3 is 0 Å². The van der Waals surface area contributed by atoms with Gasteiger partial charge in [-0.3, -0.25) is 4.68 Å². The summed E-state index contributed by atoms with van der Waals surface area (Å²) in [6.07, 6.45) is 8.65. The van der Waals surface area contributed by atoms with Gasteiger partial charge in [0.15, 0.2) is 0 Å². The summed E-state index contributed by atoms with van der Waals surface area (Å²) in [5, 5.41) is 7.49. The lowest BCUT2D eigenvalue weighted by Crippen LogP contribution is -2.17. The maximum absolute atomic E-state index is 4.27. The molecular formula is C11H17N5. The normalized spacial score (nSPS) is 10.9. The second-order valence-corrected chi connectivity index (χ2v) is 3.90. The number of hydrogen-bond acceptors (Lipinski definition) is 3. The summed E-state index contributed by atoms with van der Waals surface area (Å²) < 4.78 is 3.86. The van der Waals surface area contributed by atoms with E-state index in [1.54, 1.807) is 0 Å². The number of aromatic nitrogens is 4. The van der Waals surface area contributed by atoms with E-state index >= 15 is 0 Å². The molecule has 86 valence electrons. The Morgan fingerprint density at radius 1 is 1.38 bits per heavy atom. The fourth-order valence-electron chi connectivity index (χ4n) is 1.63. The smallest absolute Gasteiger partial charge is 0.109 e. The van der Waals surface area contributed by atoms with Gasteiger partial charge in [-0.1, -0.05) is 0 Å². The summed E-state index contributed by atoms with van der Waals surface area (Å²) in [5.41, 5.74) is 1.21. The maximum atomic E-state index is 4.27. The second kappa shape index (κ2) is 4.94. The van der Waals surface area contributed by atoms with Crippen molar-refractivity contribution in [1.82, 2.24) is 24.6 Å². The van der Waals surface area contributed by atoms with E-state index in [2.05, 4.69) is 15.4 Å². The van der Waals surface area contributed by atoms with Crippen LogP contribution in [0, 0.1) is 0 Å². The van der Waals surface area contributed by atoms with Crippen molar-refractivity contribution in [2.75, 3.05) is 6.54 Å². The van der Waals surface area contributed by atoms with Gasteiger partial charge in [0.2, 0.25) is 0 Å². The van der Waals surface area contributed by atoms with Gasteiger partial charge in [0.05, 0.1) is 6.20 Å². The highest BCUT2D eigenvalue weighted by Gasteiger charge is 1.99. The summed E-state index contributed by atoms with van der Waals surface area (Å²) in [6, 6.07) is 0. The van der Waals surface area contributed by atoms with Crippen molar-refractivity contribution in [2.24, 2.45) is 14.1 Å². The molecule has 0 aliphatic heterocycles. The standard InChI is InChI=1S/C11H17N5/c1-15-6-5-13-11(15)3-4-12-7-10-8-14-16(2)9-10/h5-6,8-9,12H,3-4,7H2,1-2H3. The minimum atomic E-state index is 0.859. The van der Waals surface area contributed by atoms with E-state index in [1.165, 1.54) is 5.56 Å². The lowest BCUT2D eigenvalue weighted by molar-refractivity contribution is 0.654. The van der Waals surface area contributed by atoms with Gasteiger partial charge in [0, 0.05) is 57.8 Å². The lowest BCUT2D eigenvalue weighted by Gasteiger charge is -2.03. The third-order valence-corrected chi connectivity index (χ3v) is 2.53. The van der Waals surface area contributed by atoms with Gasteiger partial charge in [-0.25, -0.2) is 4.98 Å². The first-order valence-corrected chi connectivity index (χ1v) is 5.40. The van der Waals surface area contributed by atoms with E-state index < -0.39 is 0 Å². The van der Waals surface area contributed by atoms with E-state index in [1.807, 2.05) is 48.1 Å². The van der Waals surface area contributed by atoms with Crippen molar-refractivity contribution < 1.29 is 0 Å². The molecule has 0 unspecified atom stereocenters. The van der Waals surface area contributed by atoms with Gasteiger partial charge in [-0.15, -0.1) is 0 Å². The fraction of sp³-hybridized carbons (Fsp3) is 0.455. The van der Waals surface area contributed by atoms with E-state index in [-0.39, 0.29) is 0 Å². The van der Waals surface area contributed by atoms with Crippen LogP contribution in [-0.4, -0.2) is 25.9 Å². The molecular weight excluding hydrogens is 202 g/mol. The lowest BCUT2D eigenvalue weighted by atomic mass is 10.3. The highest BCUT2D eigenvalue weighted by molar-refractivity contribution is 5.02. The monoisotopic (exact) mass is 219 g/mol. The molecule has 0 saturated heterocycles. The molecule has 0 amide bonds. The zero-order valence-corrected chi connectivity index (χ0v) is 9.72. The molecule has 2 aromatic rings. The molecule has 0 radical (unpaired) electrons. The Hall–Kier alpha value is -1.62. The number of imidazole rings is 1. The first kappa shape index (κ1) is 10.9. The predicted molar refractivity (Wildman–Crippen MR) is 61.8 cm³/mol. The minimum Gasteiger partial charge on any atom is -0.338 e. The van der Waals surface area contributed by atoms with Gasteiger partial charge in [-0.2, -0.15) is 5.10 Å². The Bertz CT molecular complexity index is 443. The molecule has 0 aliphatic rings. The zero-order chi connectivity index (χ0) is 11.4. The summed E-state index contributed by atoms with van der Waals surface area (Å²) in [5.74, 6) is 1.11. The van der Waals surface area contributed by atoms with Crippen LogP contribution in [-0.2, 0) is 27.1 Å². The largest absolute Gasteiger partial charge is 0.338 e. The van der Waals surface area contributed by atoms with E-state index in [0.717, 1.165) is 25.3 Å². The molecule has 0 spiro atoms. The molecule has 2 heterocycles. The van der Waals surface area contributed by atoms with Crippen molar-refractivity contribution in [3.63, 3.8) is 0 Å². The van der Waals surface area contributed by atoms with E-state index in [9.17, 15) is 0 Å². The van der Waals surface area contributed by atoms with Crippen molar-refractivity contribution >= 4 is 0 Å². The van der Waals surface area contributed by atoms with Crippen LogP contribution in [0.3, 0.4) is 0 Å². The summed E-state index contributed by atoms with van der Waals surface area (Å²) in [6.45, 7) is 1.79. The average molecular weight is 219 g/mol. The van der Waals surface area contributed by atoms with Gasteiger partial charge in [0.25, 0.3) is 0 Å². The van der Waals surface area contributed by atoms with Crippen LogP contribution in [0.25, 0.3) is 0 Å². The predicted octanol–water partition coefficient (Wildman–Crippen LogP) is 0.486.